The Balaban J connectivity index is 4.02. The summed E-state index contributed by atoms with van der Waals surface area (Å²) in [4.78, 5) is 0. The predicted octanol–water partition coefficient (Wildman–Crippen LogP) is 0.421. The van der Waals surface area contributed by atoms with Gasteiger partial charge in [0.25, 0.3) is 0 Å². The third-order valence-electron chi connectivity index (χ3n) is 1.22. The fourth-order valence-electron chi connectivity index (χ4n) is 0.386. The second-order valence-electron chi connectivity index (χ2n) is 2.70. The van der Waals surface area contributed by atoms with E-state index in [9.17, 15) is 3.67 Å². The zero-order valence-electron chi connectivity index (χ0n) is 6.37. The van der Waals surface area contributed by atoms with Crippen molar-refractivity contribution in [3.8, 4) is 0 Å². The molecule has 0 saturated heterocycles. The SMILES string of the molecule is CCC(C)(C)[O][V](=[O])([OH])[OH]. The van der Waals surface area contributed by atoms with Gasteiger partial charge in [-0.3, -0.25) is 0 Å². The van der Waals surface area contributed by atoms with Gasteiger partial charge in [-0.15, -0.1) is 0 Å². The van der Waals surface area contributed by atoms with Gasteiger partial charge in [0.1, 0.15) is 0 Å². The molecule has 0 spiro atoms. The van der Waals surface area contributed by atoms with Crippen LogP contribution in [0.3, 0.4) is 0 Å². The molecule has 0 aliphatic carbocycles. The molecule has 0 aromatic heterocycles. The van der Waals surface area contributed by atoms with E-state index in [0.29, 0.717) is 6.42 Å². The molecular formula is C5H13O4V. The minimum atomic E-state index is -4.87. The molecule has 0 aliphatic rings. The maximum atomic E-state index is 10.3. The molecule has 0 bridgehead atoms. The Labute approximate surface area is 63.8 Å². The van der Waals surface area contributed by atoms with E-state index in [1.54, 1.807) is 13.8 Å². The Morgan fingerprint density at radius 1 is 1.50 bits per heavy atom. The van der Waals surface area contributed by atoms with Gasteiger partial charge in [-0.2, -0.15) is 0 Å². The van der Waals surface area contributed by atoms with Crippen LogP contribution in [0.2, 0.25) is 0 Å². The normalized spacial score (nSPS) is 13.7. The Hall–Kier alpha value is 0.264. The fourth-order valence-corrected chi connectivity index (χ4v) is 1.59. The maximum absolute atomic E-state index is 10.3. The summed E-state index contributed by atoms with van der Waals surface area (Å²) >= 11 is -4.87. The summed E-state index contributed by atoms with van der Waals surface area (Å²) in [5.41, 5.74) is -0.710. The molecule has 0 rings (SSSR count). The van der Waals surface area contributed by atoms with E-state index in [2.05, 4.69) is 3.66 Å². The first-order valence-electron chi connectivity index (χ1n) is 3.03. The van der Waals surface area contributed by atoms with Crippen LogP contribution in [-0.2, 0) is 22.4 Å². The molecule has 4 nitrogen and oxygen atoms in total. The van der Waals surface area contributed by atoms with E-state index >= 15 is 0 Å². The van der Waals surface area contributed by atoms with E-state index in [1.807, 2.05) is 6.92 Å². The Kier molecular flexibility index (Phi) is 3.19. The molecule has 10 heavy (non-hydrogen) atoms. The van der Waals surface area contributed by atoms with E-state index < -0.39 is 20.6 Å². The molecule has 0 aliphatic heterocycles. The summed E-state index contributed by atoms with van der Waals surface area (Å²) < 4.78 is 31.7. The third-order valence-corrected chi connectivity index (χ3v) is 2.36. The van der Waals surface area contributed by atoms with Crippen molar-refractivity contribution in [2.45, 2.75) is 32.8 Å². The molecule has 2 N–H and O–H groups in total. The summed E-state index contributed by atoms with van der Waals surface area (Å²) in [6.45, 7) is 5.10. The van der Waals surface area contributed by atoms with Gasteiger partial charge in [0.2, 0.25) is 0 Å². The molecule has 0 atom stereocenters. The average Bonchev–Trinajstić information content (AvgIpc) is 1.60. The van der Waals surface area contributed by atoms with E-state index in [4.69, 9.17) is 8.06 Å². The average molecular weight is 188 g/mol. The van der Waals surface area contributed by atoms with Crippen molar-refractivity contribution in [1.82, 2.24) is 0 Å². The first-order chi connectivity index (χ1) is 4.27. The van der Waals surface area contributed by atoms with Gasteiger partial charge in [-0.25, -0.2) is 0 Å². The third kappa shape index (κ3) is 5.08. The van der Waals surface area contributed by atoms with Crippen LogP contribution in [0.1, 0.15) is 27.2 Å². The Morgan fingerprint density at radius 2 is 1.90 bits per heavy atom. The number of rotatable bonds is 3. The molecule has 5 heteroatoms. The molecule has 0 radical (unpaired) electrons. The fraction of sp³-hybridized carbons (Fsp3) is 1.00. The quantitative estimate of drug-likeness (QED) is 0.673. The first-order valence-corrected chi connectivity index (χ1v) is 5.42. The molecule has 0 saturated carbocycles. The van der Waals surface area contributed by atoms with Crippen LogP contribution >= 0.6 is 0 Å². The van der Waals surface area contributed by atoms with Crippen LogP contribution in [0.5, 0.6) is 0 Å². The van der Waals surface area contributed by atoms with Crippen molar-refractivity contribution in [2.75, 3.05) is 0 Å². The number of hydrogen-bond donors (Lipinski definition) is 2. The minimum absolute atomic E-state index is 0.583. The molecule has 62 valence electrons. The Morgan fingerprint density at radius 3 is 2.00 bits per heavy atom. The zero-order chi connectivity index (χ0) is 8.41. The van der Waals surface area contributed by atoms with Crippen molar-refractivity contribution >= 4 is 0 Å². The van der Waals surface area contributed by atoms with Crippen molar-refractivity contribution < 1.29 is 30.4 Å². The first kappa shape index (κ1) is 10.3. The zero-order valence-corrected chi connectivity index (χ0v) is 7.76. The van der Waals surface area contributed by atoms with E-state index in [-0.39, 0.29) is 0 Å². The van der Waals surface area contributed by atoms with Gasteiger partial charge >= 0.3 is 63.2 Å². The molecule has 0 fully saturated rings. The van der Waals surface area contributed by atoms with Gasteiger partial charge in [-0.05, 0) is 0 Å². The van der Waals surface area contributed by atoms with Gasteiger partial charge in [0.15, 0.2) is 0 Å². The van der Waals surface area contributed by atoms with Gasteiger partial charge < -0.3 is 0 Å². The topological polar surface area (TPSA) is 66.8 Å². The summed E-state index contributed by atoms with van der Waals surface area (Å²) in [7, 11) is 0. The molecule has 0 aromatic rings. The van der Waals surface area contributed by atoms with Gasteiger partial charge in [0, 0.05) is 0 Å². The molecule has 0 heterocycles. The Bertz CT molecular complexity index is 148. The second kappa shape index (κ2) is 3.11. The molecule has 0 amide bonds. The summed E-state index contributed by atoms with van der Waals surface area (Å²) in [6.07, 6.45) is 0.583. The van der Waals surface area contributed by atoms with Crippen LogP contribution in [0, 0.1) is 0 Å². The van der Waals surface area contributed by atoms with E-state index in [1.165, 1.54) is 0 Å². The van der Waals surface area contributed by atoms with Crippen molar-refractivity contribution in [2.24, 2.45) is 0 Å². The van der Waals surface area contributed by atoms with Crippen molar-refractivity contribution in [3.63, 3.8) is 0 Å². The van der Waals surface area contributed by atoms with Crippen molar-refractivity contribution in [1.29, 1.82) is 0 Å². The van der Waals surface area contributed by atoms with E-state index in [0.717, 1.165) is 0 Å². The van der Waals surface area contributed by atoms with Crippen LogP contribution in [0.4, 0.5) is 0 Å². The summed E-state index contributed by atoms with van der Waals surface area (Å²) in [5, 5.41) is 0. The molecule has 0 unspecified atom stereocenters. The van der Waals surface area contributed by atoms with Crippen LogP contribution in [0.15, 0.2) is 0 Å². The van der Waals surface area contributed by atoms with Crippen molar-refractivity contribution in [3.05, 3.63) is 0 Å². The number of hydrogen-bond acceptors (Lipinski definition) is 2. The summed E-state index contributed by atoms with van der Waals surface area (Å²) in [6, 6.07) is 0. The standard InChI is InChI=1S/C5H11O.2H2O.O.V/c1-4-5(2,3)6;;;;/h4H2,1-3H3;2*1H2;;/q-1;;;;+3/p-2. The predicted molar refractivity (Wildman–Crippen MR) is 30.6 cm³/mol. The molecular weight excluding hydrogens is 175 g/mol. The van der Waals surface area contributed by atoms with Crippen LogP contribution in [0.25, 0.3) is 0 Å². The van der Waals surface area contributed by atoms with Crippen LogP contribution < -0.4 is 0 Å². The second-order valence-corrected chi connectivity index (χ2v) is 4.51. The van der Waals surface area contributed by atoms with Crippen LogP contribution in [-0.4, -0.2) is 13.7 Å². The molecule has 0 aromatic carbocycles. The van der Waals surface area contributed by atoms with Gasteiger partial charge in [0.05, 0.1) is 0 Å². The monoisotopic (exact) mass is 188 g/mol. The van der Waals surface area contributed by atoms with Gasteiger partial charge in [-0.1, -0.05) is 0 Å². The summed E-state index contributed by atoms with van der Waals surface area (Å²) in [5.74, 6) is 0.